The van der Waals surface area contributed by atoms with Crippen molar-refractivity contribution in [1.82, 2.24) is 29.6 Å². The van der Waals surface area contributed by atoms with Crippen molar-refractivity contribution < 1.29 is 33.0 Å². The molecule has 0 radical (unpaired) electrons. The van der Waals surface area contributed by atoms with Crippen LogP contribution in [0.15, 0.2) is 41.8 Å². The molecule has 4 bridgehead atoms. The maximum absolute atomic E-state index is 13.5. The minimum absolute atomic E-state index is 0.0387. The van der Waals surface area contributed by atoms with Crippen molar-refractivity contribution in [1.29, 1.82) is 0 Å². The second kappa shape index (κ2) is 11.3. The minimum Gasteiger partial charge on any atom is -0.387 e. The van der Waals surface area contributed by atoms with E-state index in [1.807, 2.05) is 0 Å². The standard InChI is InChI=1S/C29H36N8O7S/c1-2-30-26(40)23-21(38)22(39)27(44-23)37-14-33-20-24(31-13-32-25(20)37)35-28(41)34-18-4-3-5-19(9-18)45(42,43)36-29-10-15-6-16(11-29)8-17(7-15)12-29/h3-5,9,13-17,21-23,27,36,38-39H,2,6-8,10-12H2,1H3,(H,30,40)(H2,31,32,34,35,41)/t15?,16?,17?,21-,22+,23-,27+,29?/m0/s1. The summed E-state index contributed by atoms with van der Waals surface area (Å²) in [4.78, 5) is 37.9. The molecule has 2 aromatic heterocycles. The molecule has 1 saturated heterocycles. The zero-order valence-electron chi connectivity index (χ0n) is 24.6. The molecule has 45 heavy (non-hydrogen) atoms. The molecule has 6 N–H and O–H groups in total. The van der Waals surface area contributed by atoms with Gasteiger partial charge in [0.15, 0.2) is 29.3 Å². The molecule has 4 aliphatic carbocycles. The third-order valence-electron chi connectivity index (χ3n) is 9.50. The smallest absolute Gasteiger partial charge is 0.324 e. The Kier molecular flexibility index (Phi) is 7.51. The van der Waals surface area contributed by atoms with Crippen LogP contribution in [-0.4, -0.2) is 80.5 Å². The Morgan fingerprint density at radius 2 is 1.73 bits per heavy atom. The third kappa shape index (κ3) is 5.54. The number of aliphatic hydroxyl groups excluding tert-OH is 2. The van der Waals surface area contributed by atoms with Crippen LogP contribution >= 0.6 is 0 Å². The quantitative estimate of drug-likeness (QED) is 0.209. The molecule has 5 fully saturated rings. The number of hydrogen-bond donors (Lipinski definition) is 6. The van der Waals surface area contributed by atoms with E-state index in [1.165, 1.54) is 48.6 Å². The van der Waals surface area contributed by atoms with Gasteiger partial charge >= 0.3 is 6.03 Å². The summed E-state index contributed by atoms with van der Waals surface area (Å²) in [6, 6.07) is 5.39. The van der Waals surface area contributed by atoms with Crippen molar-refractivity contribution in [2.24, 2.45) is 17.8 Å². The molecule has 16 heteroatoms. The van der Waals surface area contributed by atoms with E-state index >= 15 is 0 Å². The number of ether oxygens (including phenoxy) is 1. The summed E-state index contributed by atoms with van der Waals surface area (Å²) >= 11 is 0. The summed E-state index contributed by atoms with van der Waals surface area (Å²) in [6.07, 6.45) is 3.31. The van der Waals surface area contributed by atoms with E-state index in [9.17, 15) is 28.2 Å². The molecule has 15 nitrogen and oxygen atoms in total. The number of rotatable bonds is 8. The van der Waals surface area contributed by atoms with Crippen molar-refractivity contribution in [2.75, 3.05) is 17.2 Å². The molecule has 3 aromatic rings. The topological polar surface area (TPSA) is 210 Å². The average molecular weight is 641 g/mol. The number of carbonyl (C=O) groups is 2. The number of urea groups is 1. The van der Waals surface area contributed by atoms with Crippen LogP contribution in [0.25, 0.3) is 11.2 Å². The summed E-state index contributed by atoms with van der Waals surface area (Å²) < 4.78 is 37.1. The maximum Gasteiger partial charge on any atom is 0.324 e. The Bertz CT molecular complexity index is 1710. The van der Waals surface area contributed by atoms with Gasteiger partial charge in [-0.05, 0) is 81.4 Å². The fourth-order valence-corrected chi connectivity index (χ4v) is 9.58. The van der Waals surface area contributed by atoms with Crippen molar-refractivity contribution in [3.8, 4) is 0 Å². The summed E-state index contributed by atoms with van der Waals surface area (Å²) in [6.45, 7) is 2.04. The van der Waals surface area contributed by atoms with Crippen LogP contribution in [0.2, 0.25) is 0 Å². The molecule has 4 atom stereocenters. The van der Waals surface area contributed by atoms with Crippen LogP contribution in [0.1, 0.15) is 51.7 Å². The first-order chi connectivity index (χ1) is 21.5. The SMILES string of the molecule is CCNC(=O)[C@H]1O[C@@H](n2cnc3c(NC(=O)Nc4cccc(S(=O)(=O)NC56CC7CC(CC(C7)C5)C6)c4)ncnc32)[C@H](O)[C@@H]1O. The first kappa shape index (κ1) is 30.0. The molecule has 0 spiro atoms. The molecule has 0 unspecified atom stereocenters. The van der Waals surface area contributed by atoms with E-state index in [4.69, 9.17) is 4.74 Å². The molecular formula is C29H36N8O7S. The van der Waals surface area contributed by atoms with Gasteiger partial charge in [-0.1, -0.05) is 6.07 Å². The largest absolute Gasteiger partial charge is 0.387 e. The Labute approximate surface area is 259 Å². The Morgan fingerprint density at radius 3 is 2.42 bits per heavy atom. The monoisotopic (exact) mass is 640 g/mol. The van der Waals surface area contributed by atoms with E-state index < -0.39 is 52.0 Å². The highest BCUT2D eigenvalue weighted by Gasteiger charge is 2.52. The van der Waals surface area contributed by atoms with Crippen LogP contribution in [0.4, 0.5) is 16.3 Å². The number of carbonyl (C=O) groups excluding carboxylic acids is 2. The van der Waals surface area contributed by atoms with Gasteiger partial charge in [0.05, 0.1) is 11.2 Å². The number of aromatic nitrogens is 4. The fraction of sp³-hybridized carbons (Fsp3) is 0.552. The number of anilines is 2. The molecular weight excluding hydrogens is 604 g/mol. The first-order valence-corrected chi connectivity index (χ1v) is 16.7. The summed E-state index contributed by atoms with van der Waals surface area (Å²) in [5, 5.41) is 28.8. The number of fused-ring (bicyclic) bond motifs is 1. The van der Waals surface area contributed by atoms with Gasteiger partial charge in [-0.3, -0.25) is 14.7 Å². The highest BCUT2D eigenvalue weighted by molar-refractivity contribution is 7.89. The lowest BCUT2D eigenvalue weighted by atomic mass is 9.53. The van der Waals surface area contributed by atoms with Crippen molar-refractivity contribution in [3.63, 3.8) is 0 Å². The second-order valence-corrected chi connectivity index (χ2v) is 14.5. The Balaban J connectivity index is 1.05. The van der Waals surface area contributed by atoms with Crippen molar-refractivity contribution in [2.45, 2.75) is 80.4 Å². The highest BCUT2D eigenvalue weighted by atomic mass is 32.2. The van der Waals surface area contributed by atoms with E-state index in [0.717, 1.165) is 19.3 Å². The summed E-state index contributed by atoms with van der Waals surface area (Å²) in [7, 11) is -3.83. The van der Waals surface area contributed by atoms with Crippen molar-refractivity contribution in [3.05, 3.63) is 36.9 Å². The summed E-state index contributed by atoms with van der Waals surface area (Å²) in [5.74, 6) is 1.23. The zero-order chi connectivity index (χ0) is 31.5. The lowest BCUT2D eigenvalue weighted by molar-refractivity contribution is -0.137. The predicted molar refractivity (Wildman–Crippen MR) is 160 cm³/mol. The zero-order valence-corrected chi connectivity index (χ0v) is 25.4. The predicted octanol–water partition coefficient (Wildman–Crippen LogP) is 1.47. The summed E-state index contributed by atoms with van der Waals surface area (Å²) in [5.41, 5.74) is 0.216. The lowest BCUT2D eigenvalue weighted by Crippen LogP contribution is -2.59. The number of likely N-dealkylation sites (N-methyl/N-ethyl adjacent to an activating group) is 1. The van der Waals surface area contributed by atoms with E-state index in [-0.39, 0.29) is 27.6 Å². The Hall–Kier alpha value is -3.70. The number of aliphatic hydroxyl groups is 2. The van der Waals surface area contributed by atoms with Gasteiger partial charge in [-0.25, -0.2) is 32.9 Å². The molecule has 1 aromatic carbocycles. The molecule has 3 amide bonds. The number of hydrogen-bond acceptors (Lipinski definition) is 10. The molecule has 8 rings (SSSR count). The van der Waals surface area contributed by atoms with Gasteiger partial charge in [0.2, 0.25) is 10.0 Å². The number of benzene rings is 1. The molecule has 4 saturated carbocycles. The number of nitrogens with one attached hydrogen (secondary N) is 4. The van der Waals surface area contributed by atoms with Gasteiger partial charge in [0, 0.05) is 17.8 Å². The van der Waals surface area contributed by atoms with Crippen molar-refractivity contribution >= 4 is 44.6 Å². The number of sulfonamides is 1. The highest BCUT2D eigenvalue weighted by Crippen LogP contribution is 2.56. The van der Waals surface area contributed by atoms with E-state index in [2.05, 4.69) is 35.6 Å². The van der Waals surface area contributed by atoms with Gasteiger partial charge in [0.25, 0.3) is 5.91 Å². The number of amides is 3. The maximum atomic E-state index is 13.5. The van der Waals surface area contributed by atoms with E-state index in [0.29, 0.717) is 24.3 Å². The van der Waals surface area contributed by atoms with Gasteiger partial charge < -0.3 is 25.6 Å². The normalized spacial score (nSPS) is 32.1. The van der Waals surface area contributed by atoms with Gasteiger partial charge in [0.1, 0.15) is 18.5 Å². The molecule has 3 heterocycles. The second-order valence-electron chi connectivity index (χ2n) is 12.8. The van der Waals surface area contributed by atoms with E-state index in [1.54, 1.807) is 19.1 Å². The fourth-order valence-electron chi connectivity index (χ4n) is 8.10. The number of nitrogens with zero attached hydrogens (tertiary/aromatic N) is 4. The van der Waals surface area contributed by atoms with Crippen LogP contribution < -0.4 is 20.7 Å². The number of imidazole rings is 1. The van der Waals surface area contributed by atoms with Crippen LogP contribution in [0.3, 0.4) is 0 Å². The lowest BCUT2D eigenvalue weighted by Gasteiger charge is -2.56. The minimum atomic E-state index is -3.83. The van der Waals surface area contributed by atoms with Gasteiger partial charge in [-0.2, -0.15) is 0 Å². The molecule has 5 aliphatic rings. The molecule has 240 valence electrons. The van der Waals surface area contributed by atoms with Crippen LogP contribution in [-0.2, 0) is 19.6 Å². The first-order valence-electron chi connectivity index (χ1n) is 15.2. The van der Waals surface area contributed by atoms with Gasteiger partial charge in [-0.15, -0.1) is 0 Å². The van der Waals surface area contributed by atoms with Crippen LogP contribution in [0.5, 0.6) is 0 Å². The third-order valence-corrected chi connectivity index (χ3v) is 11.1. The average Bonchev–Trinajstić information content (AvgIpc) is 3.53. The Morgan fingerprint density at radius 1 is 1.02 bits per heavy atom. The molecule has 1 aliphatic heterocycles. The van der Waals surface area contributed by atoms with Crippen LogP contribution in [0, 0.1) is 17.8 Å².